The van der Waals surface area contributed by atoms with Gasteiger partial charge in [0.25, 0.3) is 0 Å². The molecule has 1 aromatic rings. The van der Waals surface area contributed by atoms with E-state index in [0.29, 0.717) is 5.69 Å². The van der Waals surface area contributed by atoms with Crippen LogP contribution >= 0.6 is 0 Å². The summed E-state index contributed by atoms with van der Waals surface area (Å²) in [5, 5.41) is 0. The largest absolute Gasteiger partial charge is 0.443 e. The number of carbonyl (C=O) groups excluding carboxylic acids is 2. The van der Waals surface area contributed by atoms with Crippen LogP contribution in [0, 0.1) is 12.3 Å². The number of ether oxygens (including phenoxy) is 2. The van der Waals surface area contributed by atoms with Gasteiger partial charge in [-0.2, -0.15) is 4.90 Å². The third kappa shape index (κ3) is 5.99. The molecule has 1 heterocycles. The molecule has 0 radical (unpaired) electrons. The van der Waals surface area contributed by atoms with Crippen LogP contribution < -0.4 is 4.90 Å². The molecule has 1 rings (SSSR count). The topological polar surface area (TPSA) is 68.7 Å². The summed E-state index contributed by atoms with van der Waals surface area (Å²) in [6, 6.07) is 4.67. The van der Waals surface area contributed by atoms with Crippen LogP contribution in [0.4, 0.5) is 15.4 Å². The van der Waals surface area contributed by atoms with Crippen molar-refractivity contribution < 1.29 is 19.1 Å². The van der Waals surface area contributed by atoms with Gasteiger partial charge in [0.05, 0.1) is 0 Å². The van der Waals surface area contributed by atoms with Gasteiger partial charge in [-0.15, -0.1) is 6.42 Å². The zero-order valence-electron chi connectivity index (χ0n) is 14.3. The lowest BCUT2D eigenvalue weighted by Gasteiger charge is -2.28. The summed E-state index contributed by atoms with van der Waals surface area (Å²) in [5.74, 6) is 2.40. The van der Waals surface area contributed by atoms with Crippen molar-refractivity contribution in [3.05, 3.63) is 23.9 Å². The van der Waals surface area contributed by atoms with Gasteiger partial charge < -0.3 is 9.47 Å². The summed E-state index contributed by atoms with van der Waals surface area (Å²) in [6.07, 6.45) is 3.55. The highest BCUT2D eigenvalue weighted by molar-refractivity contribution is 6.08. The average molecular weight is 318 g/mol. The Morgan fingerprint density at radius 3 is 1.91 bits per heavy atom. The molecule has 2 amide bonds. The van der Waals surface area contributed by atoms with Crippen molar-refractivity contribution in [3.63, 3.8) is 0 Å². The molecule has 23 heavy (non-hydrogen) atoms. The standard InChI is InChI=1S/C17H22N2O4/c1-8-12-10-9-11-13(18-12)19(14(20)22-16(2,3)4)15(21)23-17(5,6)7/h1,9-11H,2-7H3. The number of anilines is 1. The Labute approximate surface area is 136 Å². The minimum atomic E-state index is -0.881. The van der Waals surface area contributed by atoms with Crippen molar-refractivity contribution in [2.24, 2.45) is 0 Å². The lowest BCUT2D eigenvalue weighted by atomic mass is 10.2. The molecular weight excluding hydrogens is 296 g/mol. The minimum absolute atomic E-state index is 0.0453. The van der Waals surface area contributed by atoms with Crippen molar-refractivity contribution in [2.75, 3.05) is 4.90 Å². The Bertz CT molecular complexity index is 605. The van der Waals surface area contributed by atoms with Crippen LogP contribution in [-0.4, -0.2) is 28.4 Å². The summed E-state index contributed by atoms with van der Waals surface area (Å²) in [6.45, 7) is 10.2. The van der Waals surface area contributed by atoms with Crippen LogP contribution in [0.5, 0.6) is 0 Å². The normalized spacial score (nSPS) is 11.3. The molecule has 1 aromatic heterocycles. The number of rotatable bonds is 1. The molecule has 0 saturated heterocycles. The third-order valence-electron chi connectivity index (χ3n) is 2.26. The first-order valence-corrected chi connectivity index (χ1v) is 7.13. The number of imide groups is 1. The van der Waals surface area contributed by atoms with E-state index in [-0.39, 0.29) is 5.82 Å². The average Bonchev–Trinajstić information content (AvgIpc) is 2.34. The molecule has 0 aromatic carbocycles. The van der Waals surface area contributed by atoms with Crippen molar-refractivity contribution >= 4 is 18.0 Å². The molecule has 6 heteroatoms. The maximum atomic E-state index is 12.4. The molecule has 0 aliphatic heterocycles. The fourth-order valence-corrected chi connectivity index (χ4v) is 1.50. The van der Waals surface area contributed by atoms with Gasteiger partial charge in [-0.05, 0) is 53.7 Å². The monoisotopic (exact) mass is 318 g/mol. The number of hydrogen-bond donors (Lipinski definition) is 0. The highest BCUT2D eigenvalue weighted by atomic mass is 16.6. The van der Waals surface area contributed by atoms with Gasteiger partial charge >= 0.3 is 12.2 Å². The molecule has 0 aliphatic carbocycles. The summed E-state index contributed by atoms with van der Waals surface area (Å²) in [7, 11) is 0. The van der Waals surface area contributed by atoms with E-state index in [4.69, 9.17) is 15.9 Å². The summed E-state index contributed by atoms with van der Waals surface area (Å²) < 4.78 is 10.5. The van der Waals surface area contributed by atoms with Crippen LogP contribution in [-0.2, 0) is 9.47 Å². The van der Waals surface area contributed by atoms with Crippen LogP contribution in [0.3, 0.4) is 0 Å². The molecule has 0 unspecified atom stereocenters. The number of aromatic nitrogens is 1. The predicted octanol–water partition coefficient (Wildman–Crippen LogP) is 3.74. The van der Waals surface area contributed by atoms with E-state index in [0.717, 1.165) is 4.90 Å². The molecule has 6 nitrogen and oxygen atoms in total. The maximum Gasteiger partial charge on any atom is 0.425 e. The second kappa shape index (κ2) is 6.69. The molecule has 0 aliphatic rings. The Kier molecular flexibility index (Phi) is 5.38. The Balaban J connectivity index is 3.23. The second-order valence-electron chi connectivity index (χ2n) is 6.82. The number of terminal acetylenes is 1. The smallest absolute Gasteiger partial charge is 0.425 e. The third-order valence-corrected chi connectivity index (χ3v) is 2.26. The van der Waals surface area contributed by atoms with E-state index in [1.165, 1.54) is 6.07 Å². The molecule has 0 spiro atoms. The van der Waals surface area contributed by atoms with Gasteiger partial charge in [0, 0.05) is 0 Å². The Morgan fingerprint density at radius 1 is 1.04 bits per heavy atom. The maximum absolute atomic E-state index is 12.4. The van der Waals surface area contributed by atoms with E-state index in [9.17, 15) is 9.59 Å². The van der Waals surface area contributed by atoms with E-state index >= 15 is 0 Å². The van der Waals surface area contributed by atoms with Crippen molar-refractivity contribution in [2.45, 2.75) is 52.7 Å². The zero-order valence-corrected chi connectivity index (χ0v) is 14.3. The molecule has 0 atom stereocenters. The van der Waals surface area contributed by atoms with Crippen molar-refractivity contribution in [1.29, 1.82) is 0 Å². The van der Waals surface area contributed by atoms with E-state index in [1.54, 1.807) is 53.7 Å². The Morgan fingerprint density at radius 2 is 1.52 bits per heavy atom. The number of carbonyl (C=O) groups is 2. The van der Waals surface area contributed by atoms with E-state index < -0.39 is 23.4 Å². The first-order chi connectivity index (χ1) is 10.4. The fourth-order valence-electron chi connectivity index (χ4n) is 1.50. The molecular formula is C17H22N2O4. The Hall–Kier alpha value is -2.55. The number of amides is 2. The summed E-state index contributed by atoms with van der Waals surface area (Å²) >= 11 is 0. The van der Waals surface area contributed by atoms with Crippen LogP contribution in [0.2, 0.25) is 0 Å². The SMILES string of the molecule is C#Cc1cccc(N(C(=O)OC(C)(C)C)C(=O)OC(C)(C)C)n1. The van der Waals surface area contributed by atoms with E-state index in [1.807, 2.05) is 0 Å². The summed E-state index contributed by atoms with van der Waals surface area (Å²) in [5.41, 5.74) is -1.26. The molecule has 124 valence electrons. The number of hydrogen-bond acceptors (Lipinski definition) is 5. The molecule has 0 N–H and O–H groups in total. The van der Waals surface area contributed by atoms with Gasteiger partial charge in [-0.3, -0.25) is 0 Å². The molecule has 0 bridgehead atoms. The van der Waals surface area contributed by atoms with Gasteiger partial charge in [-0.1, -0.05) is 12.0 Å². The minimum Gasteiger partial charge on any atom is -0.443 e. The van der Waals surface area contributed by atoms with Crippen LogP contribution in [0.1, 0.15) is 47.2 Å². The van der Waals surface area contributed by atoms with Crippen LogP contribution in [0.25, 0.3) is 0 Å². The highest BCUT2D eigenvalue weighted by Gasteiger charge is 2.33. The zero-order chi connectivity index (χ0) is 17.8. The van der Waals surface area contributed by atoms with Crippen LogP contribution in [0.15, 0.2) is 18.2 Å². The first kappa shape index (κ1) is 18.5. The van der Waals surface area contributed by atoms with E-state index in [2.05, 4.69) is 10.9 Å². The van der Waals surface area contributed by atoms with Crippen molar-refractivity contribution in [1.82, 2.24) is 4.98 Å². The lowest BCUT2D eigenvalue weighted by Crippen LogP contribution is -2.44. The quantitative estimate of drug-likeness (QED) is 0.738. The molecule has 0 saturated carbocycles. The van der Waals surface area contributed by atoms with Gasteiger partial charge in [-0.25, -0.2) is 14.6 Å². The predicted molar refractivity (Wildman–Crippen MR) is 87.1 cm³/mol. The van der Waals surface area contributed by atoms with Gasteiger partial charge in [0.15, 0.2) is 0 Å². The molecule has 0 fully saturated rings. The van der Waals surface area contributed by atoms with Gasteiger partial charge in [0.2, 0.25) is 0 Å². The van der Waals surface area contributed by atoms with Crippen molar-refractivity contribution in [3.8, 4) is 12.3 Å². The summed E-state index contributed by atoms with van der Waals surface area (Å²) in [4.78, 5) is 29.6. The highest BCUT2D eigenvalue weighted by Crippen LogP contribution is 2.20. The first-order valence-electron chi connectivity index (χ1n) is 7.13. The number of nitrogens with zero attached hydrogens (tertiary/aromatic N) is 2. The number of pyridine rings is 1. The second-order valence-corrected chi connectivity index (χ2v) is 6.82. The lowest BCUT2D eigenvalue weighted by molar-refractivity contribution is 0.0429. The van der Waals surface area contributed by atoms with Gasteiger partial charge in [0.1, 0.15) is 22.7 Å². The fraction of sp³-hybridized carbons (Fsp3) is 0.471.